The zero-order valence-corrected chi connectivity index (χ0v) is 27.8. The maximum Gasteiger partial charge on any atom is 0.343 e. The molecule has 0 fully saturated rings. The predicted octanol–water partition coefficient (Wildman–Crippen LogP) is 7.63. The first-order valence-corrected chi connectivity index (χ1v) is 16.7. The maximum absolute atomic E-state index is 13.5. The van der Waals surface area contributed by atoms with Crippen molar-refractivity contribution in [3.63, 3.8) is 0 Å². The third-order valence-electron chi connectivity index (χ3n) is 10.1. The standard InChI is InChI=1S/C42H37N3O4/c1-4-48-41(47)37-26-45-38-36(39(37)46)23-22-35(40(38)49-27-43(45)3)29-20-21-34-28(2)44(25-30(34)24-29)42(31-14-8-5-9-15-31,32-16-10-6-11-17-32)33-18-12-7-13-19-33/h5-24,26,28H,4,25,27H2,1-3H3. The number of hydrogen-bond acceptors (Lipinski definition) is 6. The molecule has 0 radical (unpaired) electrons. The van der Waals surface area contributed by atoms with Gasteiger partial charge in [-0.2, -0.15) is 0 Å². The fraction of sp³-hybridized carbons (Fsp3) is 0.190. The molecule has 49 heavy (non-hydrogen) atoms. The topological polar surface area (TPSA) is 64.0 Å². The number of esters is 1. The lowest BCUT2D eigenvalue weighted by atomic mass is 9.75. The van der Waals surface area contributed by atoms with Gasteiger partial charge in [-0.3, -0.25) is 19.4 Å². The van der Waals surface area contributed by atoms with Crippen LogP contribution in [0, 0.1) is 0 Å². The summed E-state index contributed by atoms with van der Waals surface area (Å²) >= 11 is 0. The molecule has 0 amide bonds. The van der Waals surface area contributed by atoms with Gasteiger partial charge in [-0.15, -0.1) is 0 Å². The molecule has 7 heteroatoms. The lowest BCUT2D eigenvalue weighted by Crippen LogP contribution is -2.46. The molecule has 0 aliphatic carbocycles. The van der Waals surface area contributed by atoms with Gasteiger partial charge in [0.25, 0.3) is 0 Å². The van der Waals surface area contributed by atoms with E-state index in [0.717, 1.165) is 17.7 Å². The monoisotopic (exact) mass is 647 g/mol. The van der Waals surface area contributed by atoms with Crippen LogP contribution in [0.4, 0.5) is 0 Å². The fourth-order valence-corrected chi connectivity index (χ4v) is 7.84. The van der Waals surface area contributed by atoms with Gasteiger partial charge in [-0.1, -0.05) is 103 Å². The van der Waals surface area contributed by atoms with E-state index in [1.165, 1.54) is 27.8 Å². The summed E-state index contributed by atoms with van der Waals surface area (Å²) in [5.74, 6) is -0.00304. The Labute approximate surface area is 285 Å². The first kappa shape index (κ1) is 30.7. The summed E-state index contributed by atoms with van der Waals surface area (Å²) in [6, 6.07) is 42.9. The average Bonchev–Trinajstić information content (AvgIpc) is 3.47. The third-order valence-corrected chi connectivity index (χ3v) is 10.1. The largest absolute Gasteiger partial charge is 0.469 e. The number of fused-ring (bicyclic) bond motifs is 1. The molecule has 1 aromatic heterocycles. The van der Waals surface area contributed by atoms with Crippen LogP contribution in [-0.2, 0) is 16.8 Å². The highest BCUT2D eigenvalue weighted by Crippen LogP contribution is 2.51. The van der Waals surface area contributed by atoms with Crippen molar-refractivity contribution in [1.82, 2.24) is 9.58 Å². The number of aromatic nitrogens is 1. The number of nitrogens with zero attached hydrogens (tertiary/aromatic N) is 3. The number of benzene rings is 5. The van der Waals surface area contributed by atoms with Gasteiger partial charge < -0.3 is 9.47 Å². The van der Waals surface area contributed by atoms with E-state index in [9.17, 15) is 9.59 Å². The van der Waals surface area contributed by atoms with Crippen LogP contribution in [-0.4, -0.2) is 35.9 Å². The Kier molecular flexibility index (Phi) is 7.57. The van der Waals surface area contributed by atoms with Gasteiger partial charge in [-0.25, -0.2) is 4.79 Å². The van der Waals surface area contributed by atoms with E-state index in [4.69, 9.17) is 9.47 Å². The van der Waals surface area contributed by atoms with Gasteiger partial charge in [0, 0.05) is 31.4 Å². The highest BCUT2D eigenvalue weighted by atomic mass is 16.5. The van der Waals surface area contributed by atoms with E-state index < -0.39 is 11.5 Å². The van der Waals surface area contributed by atoms with Crippen LogP contribution in [0.1, 0.15) is 58.1 Å². The molecular weight excluding hydrogens is 610 g/mol. The van der Waals surface area contributed by atoms with E-state index in [1.54, 1.807) is 19.2 Å². The van der Waals surface area contributed by atoms with Crippen LogP contribution < -0.4 is 15.2 Å². The summed E-state index contributed by atoms with van der Waals surface area (Å²) in [4.78, 5) is 28.8. The number of pyridine rings is 1. The number of ether oxygens (including phenoxy) is 2. The van der Waals surface area contributed by atoms with E-state index in [2.05, 4.69) is 121 Å². The summed E-state index contributed by atoms with van der Waals surface area (Å²) in [6.45, 7) is 5.20. The van der Waals surface area contributed by atoms with Crippen LogP contribution in [0.3, 0.4) is 0 Å². The molecule has 2 aliphatic rings. The van der Waals surface area contributed by atoms with E-state index >= 15 is 0 Å². The van der Waals surface area contributed by atoms with Crippen molar-refractivity contribution in [1.29, 1.82) is 0 Å². The summed E-state index contributed by atoms with van der Waals surface area (Å²) in [7, 11) is 1.86. The molecule has 5 aromatic carbocycles. The van der Waals surface area contributed by atoms with Crippen molar-refractivity contribution in [2.45, 2.75) is 32.0 Å². The molecule has 244 valence electrons. The Balaban J connectivity index is 1.27. The molecule has 7 nitrogen and oxygen atoms in total. The second-order valence-corrected chi connectivity index (χ2v) is 12.7. The first-order valence-electron chi connectivity index (χ1n) is 16.7. The molecule has 0 N–H and O–H groups in total. The molecule has 0 saturated heterocycles. The lowest BCUT2D eigenvalue weighted by molar-refractivity contribution is 0.0524. The van der Waals surface area contributed by atoms with Crippen molar-refractivity contribution in [2.75, 3.05) is 25.4 Å². The highest BCUT2D eigenvalue weighted by Gasteiger charge is 2.47. The number of rotatable bonds is 7. The Morgan fingerprint density at radius 2 is 1.47 bits per heavy atom. The number of carbonyl (C=O) groups excluding carboxylic acids is 1. The maximum atomic E-state index is 13.5. The summed E-state index contributed by atoms with van der Waals surface area (Å²) < 4.78 is 13.4. The minimum Gasteiger partial charge on any atom is -0.469 e. The SMILES string of the molecule is CCOC(=O)c1cn2c3c(c(-c4ccc5c(c4)CN(C(c4ccccc4)(c4ccccc4)c4ccccc4)C5C)ccc3c1=O)OCN2C. The average molecular weight is 648 g/mol. The van der Waals surface area contributed by atoms with Gasteiger partial charge >= 0.3 is 5.97 Å². The molecule has 3 heterocycles. The second-order valence-electron chi connectivity index (χ2n) is 12.7. The minimum atomic E-state index is -0.626. The summed E-state index contributed by atoms with van der Waals surface area (Å²) in [5.41, 5.74) is 7.79. The summed E-state index contributed by atoms with van der Waals surface area (Å²) in [6.07, 6.45) is 1.57. The molecule has 1 unspecified atom stereocenters. The third kappa shape index (κ3) is 4.76. The smallest absolute Gasteiger partial charge is 0.343 e. The quantitative estimate of drug-likeness (QED) is 0.131. The molecule has 0 bridgehead atoms. The number of hydrogen-bond donors (Lipinski definition) is 0. The summed E-state index contributed by atoms with van der Waals surface area (Å²) in [5, 5.41) is 2.25. The van der Waals surface area contributed by atoms with Gasteiger partial charge in [0.15, 0.2) is 12.5 Å². The van der Waals surface area contributed by atoms with Crippen molar-refractivity contribution in [2.24, 2.45) is 0 Å². The van der Waals surface area contributed by atoms with Gasteiger partial charge in [-0.05, 0) is 65.4 Å². The van der Waals surface area contributed by atoms with Gasteiger partial charge in [0.2, 0.25) is 5.43 Å². The fourth-order valence-electron chi connectivity index (χ4n) is 7.84. The molecule has 8 rings (SSSR count). The molecular formula is C42H37N3O4. The highest BCUT2D eigenvalue weighted by molar-refractivity contribution is 5.98. The first-order chi connectivity index (χ1) is 23.9. The zero-order valence-electron chi connectivity index (χ0n) is 27.8. The molecule has 0 spiro atoms. The normalized spacial score (nSPS) is 15.6. The Hall–Kier alpha value is -5.66. The van der Waals surface area contributed by atoms with Gasteiger partial charge in [0.1, 0.15) is 11.1 Å². The van der Waals surface area contributed by atoms with E-state index in [1.807, 2.05) is 22.8 Å². The molecule has 1 atom stereocenters. The van der Waals surface area contributed by atoms with Crippen molar-refractivity contribution in [3.05, 3.63) is 171 Å². The van der Waals surface area contributed by atoms with E-state index in [0.29, 0.717) is 16.7 Å². The van der Waals surface area contributed by atoms with Crippen LogP contribution in [0.2, 0.25) is 0 Å². The van der Waals surface area contributed by atoms with Crippen LogP contribution in [0.25, 0.3) is 22.0 Å². The lowest BCUT2D eigenvalue weighted by Gasteiger charge is -2.46. The minimum absolute atomic E-state index is 0.00661. The zero-order chi connectivity index (χ0) is 33.7. The molecule has 2 aliphatic heterocycles. The molecule has 0 saturated carbocycles. The predicted molar refractivity (Wildman–Crippen MR) is 192 cm³/mol. The second kappa shape index (κ2) is 12.1. The van der Waals surface area contributed by atoms with Crippen LogP contribution in [0.5, 0.6) is 5.75 Å². The Bertz CT molecular complexity index is 2150. The van der Waals surface area contributed by atoms with E-state index in [-0.39, 0.29) is 30.4 Å². The Morgan fingerprint density at radius 3 is 2.06 bits per heavy atom. The van der Waals surface area contributed by atoms with Crippen molar-refractivity contribution in [3.8, 4) is 16.9 Å². The van der Waals surface area contributed by atoms with Gasteiger partial charge in [0.05, 0.1) is 17.5 Å². The van der Waals surface area contributed by atoms with Crippen molar-refractivity contribution >= 4 is 16.9 Å². The molecule has 6 aromatic rings. The Morgan fingerprint density at radius 1 is 0.857 bits per heavy atom. The van der Waals surface area contributed by atoms with Crippen LogP contribution in [0.15, 0.2) is 132 Å². The van der Waals surface area contributed by atoms with Crippen LogP contribution >= 0.6 is 0 Å². The number of carbonyl (C=O) groups is 1. The van der Waals surface area contributed by atoms with Crippen molar-refractivity contribution < 1.29 is 14.3 Å².